The van der Waals surface area contributed by atoms with Crippen molar-refractivity contribution in [3.8, 4) is 5.75 Å². The first kappa shape index (κ1) is 19.0. The highest BCUT2D eigenvalue weighted by molar-refractivity contribution is 6.32. The molecule has 1 atom stereocenters. The van der Waals surface area contributed by atoms with E-state index in [4.69, 9.17) is 22.1 Å². The molecule has 1 aliphatic heterocycles. The molecular weight excluding hydrogens is 326 g/mol. The van der Waals surface area contributed by atoms with Crippen LogP contribution in [0.15, 0.2) is 18.2 Å². The standard InChI is InChI=1S/C18H28ClN3O2/c1-13(2)22-7-6-15(11-22)10-21(3)9-14-4-5-17(16(19)8-14)24-12-18(20)23/h4-5,8,13,15H,6-7,9-12H2,1-3H3,(H2,20,23)/t15-/m1/s1. The van der Waals surface area contributed by atoms with E-state index in [9.17, 15) is 4.79 Å². The summed E-state index contributed by atoms with van der Waals surface area (Å²) in [7, 11) is 2.14. The zero-order valence-electron chi connectivity index (χ0n) is 14.8. The molecule has 1 fully saturated rings. The summed E-state index contributed by atoms with van der Waals surface area (Å²) >= 11 is 6.22. The van der Waals surface area contributed by atoms with Crippen molar-refractivity contribution in [3.05, 3.63) is 28.8 Å². The van der Waals surface area contributed by atoms with E-state index in [-0.39, 0.29) is 6.61 Å². The molecule has 5 nitrogen and oxygen atoms in total. The molecule has 134 valence electrons. The van der Waals surface area contributed by atoms with Gasteiger partial charge in [-0.3, -0.25) is 4.79 Å². The van der Waals surface area contributed by atoms with Gasteiger partial charge in [-0.05, 0) is 57.5 Å². The van der Waals surface area contributed by atoms with E-state index in [0.717, 1.165) is 24.6 Å². The summed E-state index contributed by atoms with van der Waals surface area (Å²) in [5.41, 5.74) is 6.21. The third kappa shape index (κ3) is 5.65. The highest BCUT2D eigenvalue weighted by Gasteiger charge is 2.24. The van der Waals surface area contributed by atoms with Gasteiger partial charge in [0.2, 0.25) is 0 Å². The van der Waals surface area contributed by atoms with Crippen LogP contribution in [0.5, 0.6) is 5.75 Å². The highest BCUT2D eigenvalue weighted by atomic mass is 35.5. The molecule has 1 aromatic carbocycles. The van der Waals surface area contributed by atoms with Crippen molar-refractivity contribution in [1.82, 2.24) is 9.80 Å². The van der Waals surface area contributed by atoms with Crippen molar-refractivity contribution in [2.45, 2.75) is 32.9 Å². The quantitative estimate of drug-likeness (QED) is 0.779. The number of likely N-dealkylation sites (tertiary alicyclic amines) is 1. The van der Waals surface area contributed by atoms with E-state index in [1.54, 1.807) is 6.07 Å². The molecule has 0 spiro atoms. The summed E-state index contributed by atoms with van der Waals surface area (Å²) < 4.78 is 5.27. The molecule has 1 saturated heterocycles. The molecule has 0 radical (unpaired) electrons. The fourth-order valence-corrected chi connectivity index (χ4v) is 3.46. The zero-order valence-corrected chi connectivity index (χ0v) is 15.6. The minimum Gasteiger partial charge on any atom is -0.482 e. The maximum absolute atomic E-state index is 10.8. The Hall–Kier alpha value is -1.30. The lowest BCUT2D eigenvalue weighted by molar-refractivity contribution is -0.119. The number of hydrogen-bond donors (Lipinski definition) is 1. The van der Waals surface area contributed by atoms with Gasteiger partial charge in [0.25, 0.3) is 5.91 Å². The molecular formula is C18H28ClN3O2. The number of rotatable bonds is 8. The molecule has 1 aliphatic rings. The number of ether oxygens (including phenoxy) is 1. The van der Waals surface area contributed by atoms with Gasteiger partial charge in [-0.25, -0.2) is 0 Å². The van der Waals surface area contributed by atoms with E-state index in [2.05, 4.69) is 30.7 Å². The average molecular weight is 354 g/mol. The predicted octanol–water partition coefficient (Wildman–Crippen LogP) is 2.37. The fraction of sp³-hybridized carbons (Fsp3) is 0.611. The molecule has 6 heteroatoms. The molecule has 2 N–H and O–H groups in total. The highest BCUT2D eigenvalue weighted by Crippen LogP contribution is 2.26. The second kappa shape index (κ2) is 8.70. The number of primary amides is 1. The molecule has 1 heterocycles. The van der Waals surface area contributed by atoms with Crippen molar-refractivity contribution in [1.29, 1.82) is 0 Å². The van der Waals surface area contributed by atoms with Crippen molar-refractivity contribution >= 4 is 17.5 Å². The Balaban J connectivity index is 1.84. The monoisotopic (exact) mass is 353 g/mol. The predicted molar refractivity (Wildman–Crippen MR) is 97.3 cm³/mol. The molecule has 1 amide bonds. The summed E-state index contributed by atoms with van der Waals surface area (Å²) in [6, 6.07) is 6.30. The number of carbonyl (C=O) groups excluding carboxylic acids is 1. The van der Waals surface area contributed by atoms with Crippen LogP contribution < -0.4 is 10.5 Å². The first-order chi connectivity index (χ1) is 11.3. The topological polar surface area (TPSA) is 58.8 Å². The normalized spacial score (nSPS) is 18.5. The number of hydrogen-bond acceptors (Lipinski definition) is 4. The van der Waals surface area contributed by atoms with Gasteiger partial charge in [0.15, 0.2) is 6.61 Å². The van der Waals surface area contributed by atoms with Crippen LogP contribution in [0.3, 0.4) is 0 Å². The van der Waals surface area contributed by atoms with Gasteiger partial charge in [-0.2, -0.15) is 0 Å². The summed E-state index contributed by atoms with van der Waals surface area (Å²) in [5, 5.41) is 0.508. The molecule has 0 aliphatic carbocycles. The second-order valence-electron chi connectivity index (χ2n) is 6.96. The Labute approximate surface area is 149 Å². The second-order valence-corrected chi connectivity index (χ2v) is 7.37. The van der Waals surface area contributed by atoms with Gasteiger partial charge in [0.1, 0.15) is 5.75 Å². The van der Waals surface area contributed by atoms with Crippen LogP contribution in [0.25, 0.3) is 0 Å². The van der Waals surface area contributed by atoms with Crippen LogP contribution in [-0.2, 0) is 11.3 Å². The Morgan fingerprint density at radius 1 is 1.50 bits per heavy atom. The van der Waals surface area contributed by atoms with E-state index in [0.29, 0.717) is 16.8 Å². The van der Waals surface area contributed by atoms with Crippen molar-refractivity contribution in [2.75, 3.05) is 33.3 Å². The van der Waals surface area contributed by atoms with Crippen LogP contribution >= 0.6 is 11.6 Å². The summed E-state index contributed by atoms with van der Waals surface area (Å²) in [6.07, 6.45) is 1.27. The minimum absolute atomic E-state index is 0.160. The lowest BCUT2D eigenvalue weighted by Crippen LogP contribution is -2.31. The van der Waals surface area contributed by atoms with E-state index >= 15 is 0 Å². The zero-order chi connectivity index (χ0) is 17.7. The van der Waals surface area contributed by atoms with Crippen LogP contribution in [-0.4, -0.2) is 55.0 Å². The van der Waals surface area contributed by atoms with Crippen LogP contribution in [0.2, 0.25) is 5.02 Å². The van der Waals surface area contributed by atoms with Gasteiger partial charge in [0, 0.05) is 25.7 Å². The maximum atomic E-state index is 10.8. The summed E-state index contributed by atoms with van der Waals surface area (Å²) in [5.74, 6) is 0.707. The van der Waals surface area contributed by atoms with E-state index in [1.807, 2.05) is 12.1 Å². The SMILES string of the molecule is CC(C)N1CC[C@H](CN(C)Cc2ccc(OCC(N)=O)c(Cl)c2)C1. The fourth-order valence-electron chi connectivity index (χ4n) is 3.21. The van der Waals surface area contributed by atoms with Gasteiger partial charge in [-0.1, -0.05) is 17.7 Å². The van der Waals surface area contributed by atoms with Crippen LogP contribution in [0.4, 0.5) is 0 Å². The number of carbonyl (C=O) groups is 1. The van der Waals surface area contributed by atoms with Crippen molar-refractivity contribution in [2.24, 2.45) is 11.7 Å². The summed E-state index contributed by atoms with van der Waals surface area (Å²) in [4.78, 5) is 15.6. The summed E-state index contributed by atoms with van der Waals surface area (Å²) in [6.45, 7) is 8.67. The van der Waals surface area contributed by atoms with Gasteiger partial charge >= 0.3 is 0 Å². The van der Waals surface area contributed by atoms with Gasteiger partial charge in [-0.15, -0.1) is 0 Å². The lowest BCUT2D eigenvalue weighted by atomic mass is 10.1. The molecule has 0 aromatic heterocycles. The number of nitrogens with zero attached hydrogens (tertiary/aromatic N) is 2. The Morgan fingerprint density at radius 2 is 2.25 bits per heavy atom. The number of halogens is 1. The average Bonchev–Trinajstić information content (AvgIpc) is 2.94. The molecule has 0 unspecified atom stereocenters. The molecule has 24 heavy (non-hydrogen) atoms. The Morgan fingerprint density at radius 3 is 2.83 bits per heavy atom. The Bertz CT molecular complexity index is 565. The third-order valence-electron chi connectivity index (χ3n) is 4.44. The van der Waals surface area contributed by atoms with Crippen LogP contribution in [0, 0.1) is 5.92 Å². The van der Waals surface area contributed by atoms with Crippen molar-refractivity contribution < 1.29 is 9.53 Å². The third-order valence-corrected chi connectivity index (χ3v) is 4.73. The van der Waals surface area contributed by atoms with Gasteiger partial charge < -0.3 is 20.3 Å². The first-order valence-electron chi connectivity index (χ1n) is 8.47. The van der Waals surface area contributed by atoms with E-state index < -0.39 is 5.91 Å². The first-order valence-corrected chi connectivity index (χ1v) is 8.85. The molecule has 0 saturated carbocycles. The number of amides is 1. The lowest BCUT2D eigenvalue weighted by Gasteiger charge is -2.23. The van der Waals surface area contributed by atoms with Crippen molar-refractivity contribution in [3.63, 3.8) is 0 Å². The Kier molecular flexibility index (Phi) is 6.90. The number of benzene rings is 1. The largest absolute Gasteiger partial charge is 0.482 e. The number of nitrogens with two attached hydrogens (primary N) is 1. The van der Waals surface area contributed by atoms with Crippen LogP contribution in [0.1, 0.15) is 25.8 Å². The minimum atomic E-state index is -0.512. The van der Waals surface area contributed by atoms with Gasteiger partial charge in [0.05, 0.1) is 5.02 Å². The van der Waals surface area contributed by atoms with E-state index in [1.165, 1.54) is 19.5 Å². The molecule has 0 bridgehead atoms. The molecule has 1 aromatic rings. The smallest absolute Gasteiger partial charge is 0.255 e. The molecule has 2 rings (SSSR count). The maximum Gasteiger partial charge on any atom is 0.255 e.